The van der Waals surface area contributed by atoms with Gasteiger partial charge in [-0.3, -0.25) is 0 Å². The van der Waals surface area contributed by atoms with Gasteiger partial charge in [-0.25, -0.2) is 0 Å². The van der Waals surface area contributed by atoms with Gasteiger partial charge in [0, 0.05) is 0 Å². The molecule has 0 aliphatic carbocycles. The normalized spacial score (nSPS) is 11.8. The third kappa shape index (κ3) is 5.66. The molecule has 0 saturated carbocycles. The molecule has 6 heteroatoms. The van der Waals surface area contributed by atoms with Crippen LogP contribution in [0.4, 0.5) is 0 Å². The molecule has 0 heterocycles. The number of phenols is 1. The van der Waals surface area contributed by atoms with Crippen LogP contribution < -0.4 is 29.0 Å². The predicted molar refractivity (Wildman–Crippen MR) is 161 cm³/mol. The molecule has 202 valence electrons. The van der Waals surface area contributed by atoms with Crippen molar-refractivity contribution >= 4 is 30.8 Å². The highest BCUT2D eigenvalue weighted by atomic mass is 28.4. The van der Waals surface area contributed by atoms with Gasteiger partial charge in [0.05, 0.1) is 21.3 Å². The first-order chi connectivity index (χ1) is 18.7. The van der Waals surface area contributed by atoms with Gasteiger partial charge in [-0.05, 0) is 50.8 Å². The van der Waals surface area contributed by atoms with Crippen molar-refractivity contribution in [1.82, 2.24) is 0 Å². The second-order valence-corrected chi connectivity index (χ2v) is 14.5. The van der Waals surface area contributed by atoms with Crippen molar-refractivity contribution in [3.8, 4) is 28.7 Å². The molecule has 0 aromatic heterocycles. The van der Waals surface area contributed by atoms with Crippen molar-refractivity contribution in [3.05, 3.63) is 102 Å². The first-order valence-corrected chi connectivity index (χ1v) is 14.8. The van der Waals surface area contributed by atoms with Crippen molar-refractivity contribution in [1.29, 1.82) is 0 Å². The van der Waals surface area contributed by atoms with Crippen LogP contribution in [0.2, 0.25) is 5.04 Å². The minimum absolute atomic E-state index is 0.0869. The standard InChI is InChI=1S/C33H36O5Si/c1-33(2,3)39(26-13-9-7-10-14-26,27-15-11-8-12-16-27)38-32-30(36-5)22-25(23-31(32)37-6)18-17-24-19-20-29(35-4)28(34)21-24/h7-23,34H,1-6H3/b18-17-. The van der Waals surface area contributed by atoms with Crippen molar-refractivity contribution in [3.63, 3.8) is 0 Å². The Balaban J connectivity index is 1.84. The van der Waals surface area contributed by atoms with E-state index < -0.39 is 8.32 Å². The highest BCUT2D eigenvalue weighted by molar-refractivity contribution is 7.00. The predicted octanol–water partition coefficient (Wildman–Crippen LogP) is 6.53. The summed E-state index contributed by atoms with van der Waals surface area (Å²) in [5, 5.41) is 12.2. The van der Waals surface area contributed by atoms with Crippen LogP contribution in [0.3, 0.4) is 0 Å². The Kier molecular flexibility index (Phi) is 8.36. The van der Waals surface area contributed by atoms with E-state index in [2.05, 4.69) is 69.3 Å². The SMILES string of the molecule is COc1ccc(/C=C\c2cc(OC)c(O[Si](c3ccccc3)(c3ccccc3)C(C)(C)C)c(OC)c2)cc1O. The van der Waals surface area contributed by atoms with E-state index in [4.69, 9.17) is 18.6 Å². The Morgan fingerprint density at radius 1 is 0.615 bits per heavy atom. The van der Waals surface area contributed by atoms with E-state index in [0.29, 0.717) is 23.0 Å². The second-order valence-electron chi connectivity index (χ2n) is 10.3. The van der Waals surface area contributed by atoms with E-state index in [1.807, 2.05) is 42.5 Å². The maximum atomic E-state index is 10.1. The molecule has 4 rings (SSSR count). The number of rotatable bonds is 9. The summed E-state index contributed by atoms with van der Waals surface area (Å²) >= 11 is 0. The van der Waals surface area contributed by atoms with Crippen LogP contribution in [0, 0.1) is 0 Å². The Morgan fingerprint density at radius 3 is 1.54 bits per heavy atom. The first-order valence-electron chi connectivity index (χ1n) is 12.8. The first kappa shape index (κ1) is 27.9. The van der Waals surface area contributed by atoms with Gasteiger partial charge in [0.1, 0.15) is 0 Å². The molecule has 0 radical (unpaired) electrons. The molecule has 39 heavy (non-hydrogen) atoms. The van der Waals surface area contributed by atoms with Crippen LogP contribution in [0.5, 0.6) is 28.7 Å². The summed E-state index contributed by atoms with van der Waals surface area (Å²) in [6.45, 7) is 6.71. The van der Waals surface area contributed by atoms with Gasteiger partial charge in [0.2, 0.25) is 0 Å². The Labute approximate surface area is 232 Å². The summed E-state index contributed by atoms with van der Waals surface area (Å²) < 4.78 is 24.2. The molecule has 0 saturated heterocycles. The van der Waals surface area contributed by atoms with E-state index in [9.17, 15) is 5.11 Å². The fourth-order valence-corrected chi connectivity index (χ4v) is 9.34. The molecule has 1 N–H and O–H groups in total. The molecule has 0 bridgehead atoms. The largest absolute Gasteiger partial charge is 0.529 e. The Bertz CT molecular complexity index is 1360. The quantitative estimate of drug-likeness (QED) is 0.193. The zero-order chi connectivity index (χ0) is 28.0. The van der Waals surface area contributed by atoms with Gasteiger partial charge in [0.25, 0.3) is 0 Å². The molecule has 4 aromatic carbocycles. The minimum atomic E-state index is -2.91. The lowest BCUT2D eigenvalue weighted by molar-refractivity contribution is 0.357. The maximum absolute atomic E-state index is 10.1. The lowest BCUT2D eigenvalue weighted by Crippen LogP contribution is -2.68. The van der Waals surface area contributed by atoms with E-state index in [1.54, 1.807) is 26.4 Å². The molecule has 0 spiro atoms. The highest BCUT2D eigenvalue weighted by Crippen LogP contribution is 2.45. The van der Waals surface area contributed by atoms with Gasteiger partial charge >= 0.3 is 8.32 Å². The van der Waals surface area contributed by atoms with Crippen molar-refractivity contribution in [2.75, 3.05) is 21.3 Å². The van der Waals surface area contributed by atoms with Gasteiger partial charge in [-0.1, -0.05) is 99.7 Å². The average molecular weight is 541 g/mol. The van der Waals surface area contributed by atoms with Gasteiger partial charge in [-0.2, -0.15) is 0 Å². The fourth-order valence-electron chi connectivity index (χ4n) is 4.90. The zero-order valence-electron chi connectivity index (χ0n) is 23.4. The monoisotopic (exact) mass is 540 g/mol. The molecule has 0 aliphatic rings. The van der Waals surface area contributed by atoms with Crippen LogP contribution in [0.25, 0.3) is 12.2 Å². The molecule has 5 nitrogen and oxygen atoms in total. The fraction of sp³-hybridized carbons (Fsp3) is 0.212. The van der Waals surface area contributed by atoms with Crippen LogP contribution in [-0.2, 0) is 0 Å². The number of methoxy groups -OCH3 is 3. The number of hydrogen-bond acceptors (Lipinski definition) is 5. The van der Waals surface area contributed by atoms with E-state index in [1.165, 1.54) is 7.11 Å². The van der Waals surface area contributed by atoms with Crippen LogP contribution >= 0.6 is 0 Å². The molecule has 4 aromatic rings. The summed E-state index contributed by atoms with van der Waals surface area (Å²) in [5.41, 5.74) is 1.70. The van der Waals surface area contributed by atoms with Crippen molar-refractivity contribution < 1.29 is 23.7 Å². The third-order valence-corrected chi connectivity index (χ3v) is 11.7. The maximum Gasteiger partial charge on any atom is 0.320 e. The van der Waals surface area contributed by atoms with E-state index in [-0.39, 0.29) is 10.8 Å². The number of hydrogen-bond donors (Lipinski definition) is 1. The van der Waals surface area contributed by atoms with Gasteiger partial charge in [-0.15, -0.1) is 0 Å². The van der Waals surface area contributed by atoms with E-state index in [0.717, 1.165) is 21.5 Å². The van der Waals surface area contributed by atoms with Crippen molar-refractivity contribution in [2.45, 2.75) is 25.8 Å². The molecule has 0 amide bonds. The van der Waals surface area contributed by atoms with Crippen molar-refractivity contribution in [2.24, 2.45) is 0 Å². The molecule has 0 fully saturated rings. The number of phenolic OH excluding ortho intramolecular Hbond substituents is 1. The molecular formula is C33H36O5Si. The Hall–Kier alpha value is -4.16. The number of aromatic hydroxyl groups is 1. The topological polar surface area (TPSA) is 57.2 Å². The van der Waals surface area contributed by atoms with E-state index >= 15 is 0 Å². The molecule has 0 atom stereocenters. The lowest BCUT2D eigenvalue weighted by Gasteiger charge is -2.43. The van der Waals surface area contributed by atoms with Gasteiger partial charge < -0.3 is 23.7 Å². The average Bonchev–Trinajstić information content (AvgIpc) is 2.95. The summed E-state index contributed by atoms with van der Waals surface area (Å²) in [6.07, 6.45) is 3.86. The molecule has 0 unspecified atom stereocenters. The third-order valence-electron chi connectivity index (χ3n) is 6.83. The summed E-state index contributed by atoms with van der Waals surface area (Å²) in [6, 6.07) is 30.1. The summed E-state index contributed by atoms with van der Waals surface area (Å²) in [7, 11) is 1.90. The van der Waals surface area contributed by atoms with Crippen LogP contribution in [0.1, 0.15) is 31.9 Å². The van der Waals surface area contributed by atoms with Crippen LogP contribution in [-0.4, -0.2) is 34.8 Å². The second kappa shape index (κ2) is 11.7. The number of ether oxygens (including phenoxy) is 3. The Morgan fingerprint density at radius 2 is 1.10 bits per heavy atom. The summed E-state index contributed by atoms with van der Waals surface area (Å²) in [5.74, 6) is 2.26. The van der Waals surface area contributed by atoms with Crippen LogP contribution in [0.15, 0.2) is 91.0 Å². The summed E-state index contributed by atoms with van der Waals surface area (Å²) in [4.78, 5) is 0. The smallest absolute Gasteiger partial charge is 0.320 e. The number of benzene rings is 4. The molecule has 0 aliphatic heterocycles. The zero-order valence-corrected chi connectivity index (χ0v) is 24.4. The molecular weight excluding hydrogens is 504 g/mol. The van der Waals surface area contributed by atoms with Gasteiger partial charge in [0.15, 0.2) is 28.7 Å². The minimum Gasteiger partial charge on any atom is -0.529 e. The highest BCUT2D eigenvalue weighted by Gasteiger charge is 2.52. The lowest BCUT2D eigenvalue weighted by atomic mass is 10.1.